The zero-order valence-electron chi connectivity index (χ0n) is 15.8. The standard InChI is InChI=1S/C18H28N2O5S/c1-5-20(6-2)26(24,25)15-10-7-14(8-11-15)9-12-16(21)19-13-18(3,4)17(22)23/h7-8,10-11H,5-6,9,12-13H2,1-4H3,(H,19,21)(H,22,23). The van der Waals surface area contributed by atoms with Crippen LogP contribution in [0.4, 0.5) is 0 Å². The van der Waals surface area contributed by atoms with E-state index in [4.69, 9.17) is 5.11 Å². The molecule has 2 N–H and O–H groups in total. The molecule has 1 aromatic rings. The molecule has 146 valence electrons. The molecular formula is C18H28N2O5S. The number of carbonyl (C=O) groups excluding carboxylic acids is 1. The topological polar surface area (TPSA) is 104 Å². The maximum absolute atomic E-state index is 12.4. The fourth-order valence-electron chi connectivity index (χ4n) is 2.28. The second kappa shape index (κ2) is 9.14. The van der Waals surface area contributed by atoms with E-state index in [-0.39, 0.29) is 23.8 Å². The minimum Gasteiger partial charge on any atom is -0.481 e. The Bertz CT molecular complexity index is 722. The number of benzene rings is 1. The van der Waals surface area contributed by atoms with Crippen LogP contribution in [-0.2, 0) is 26.0 Å². The van der Waals surface area contributed by atoms with Gasteiger partial charge in [0, 0.05) is 26.1 Å². The summed E-state index contributed by atoms with van der Waals surface area (Å²) in [6.07, 6.45) is 0.656. The van der Waals surface area contributed by atoms with E-state index in [1.54, 1.807) is 52.0 Å². The molecule has 1 aromatic carbocycles. The zero-order valence-corrected chi connectivity index (χ0v) is 16.6. The van der Waals surface area contributed by atoms with E-state index >= 15 is 0 Å². The number of nitrogens with zero attached hydrogens (tertiary/aromatic N) is 1. The van der Waals surface area contributed by atoms with E-state index in [1.165, 1.54) is 4.31 Å². The number of carbonyl (C=O) groups is 2. The van der Waals surface area contributed by atoms with Crippen molar-refractivity contribution in [3.8, 4) is 0 Å². The van der Waals surface area contributed by atoms with Crippen LogP contribution >= 0.6 is 0 Å². The smallest absolute Gasteiger partial charge is 0.310 e. The summed E-state index contributed by atoms with van der Waals surface area (Å²) in [7, 11) is -3.48. The van der Waals surface area contributed by atoms with Crippen molar-refractivity contribution in [2.75, 3.05) is 19.6 Å². The number of sulfonamides is 1. The summed E-state index contributed by atoms with van der Waals surface area (Å²) in [5.74, 6) is -1.21. The van der Waals surface area contributed by atoms with Gasteiger partial charge in [0.05, 0.1) is 10.3 Å². The first kappa shape index (κ1) is 22.1. The molecule has 0 bridgehead atoms. The van der Waals surface area contributed by atoms with Gasteiger partial charge in [-0.15, -0.1) is 0 Å². The SMILES string of the molecule is CCN(CC)S(=O)(=O)c1ccc(CCC(=O)NCC(C)(C)C(=O)O)cc1. The van der Waals surface area contributed by atoms with Gasteiger partial charge in [-0.3, -0.25) is 9.59 Å². The average Bonchev–Trinajstić information content (AvgIpc) is 2.59. The molecule has 0 radical (unpaired) electrons. The summed E-state index contributed by atoms with van der Waals surface area (Å²) in [5.41, 5.74) is -0.174. The van der Waals surface area contributed by atoms with Gasteiger partial charge in [0.2, 0.25) is 15.9 Å². The Labute approximate surface area is 155 Å². The first-order chi connectivity index (χ1) is 12.0. The number of rotatable bonds is 10. The molecular weight excluding hydrogens is 356 g/mol. The molecule has 26 heavy (non-hydrogen) atoms. The zero-order chi connectivity index (χ0) is 20.0. The van der Waals surface area contributed by atoms with E-state index in [2.05, 4.69) is 5.32 Å². The lowest BCUT2D eigenvalue weighted by molar-refractivity contribution is -0.146. The number of aliphatic carboxylic acids is 1. The van der Waals surface area contributed by atoms with Gasteiger partial charge in [-0.25, -0.2) is 8.42 Å². The molecule has 0 heterocycles. The van der Waals surface area contributed by atoms with Crippen LogP contribution < -0.4 is 5.32 Å². The van der Waals surface area contributed by atoms with E-state index in [1.807, 2.05) is 0 Å². The van der Waals surface area contributed by atoms with Crippen molar-refractivity contribution in [2.24, 2.45) is 5.41 Å². The van der Waals surface area contributed by atoms with Crippen LogP contribution in [-0.4, -0.2) is 49.3 Å². The van der Waals surface area contributed by atoms with Crippen LogP contribution in [0.25, 0.3) is 0 Å². The van der Waals surface area contributed by atoms with Crippen LogP contribution in [0, 0.1) is 5.41 Å². The van der Waals surface area contributed by atoms with Crippen molar-refractivity contribution in [2.45, 2.75) is 45.4 Å². The summed E-state index contributed by atoms with van der Waals surface area (Å²) in [5, 5.41) is 11.6. The second-order valence-corrected chi connectivity index (χ2v) is 8.64. The Balaban J connectivity index is 2.63. The molecule has 0 aliphatic rings. The van der Waals surface area contributed by atoms with Crippen LogP contribution in [0.3, 0.4) is 0 Å². The Morgan fingerprint density at radius 2 is 1.65 bits per heavy atom. The van der Waals surface area contributed by atoms with E-state index in [0.717, 1.165) is 5.56 Å². The van der Waals surface area contributed by atoms with Crippen molar-refractivity contribution in [3.63, 3.8) is 0 Å². The van der Waals surface area contributed by atoms with Crippen molar-refractivity contribution < 1.29 is 23.1 Å². The molecule has 0 aliphatic heterocycles. The van der Waals surface area contributed by atoms with Gasteiger partial charge in [-0.2, -0.15) is 4.31 Å². The summed E-state index contributed by atoms with van der Waals surface area (Å²) in [4.78, 5) is 23.1. The Morgan fingerprint density at radius 1 is 1.12 bits per heavy atom. The van der Waals surface area contributed by atoms with Crippen molar-refractivity contribution in [3.05, 3.63) is 29.8 Å². The molecule has 0 unspecified atom stereocenters. The molecule has 8 heteroatoms. The summed E-state index contributed by atoms with van der Waals surface area (Å²) in [6.45, 7) is 7.55. The molecule has 7 nitrogen and oxygen atoms in total. The van der Waals surface area contributed by atoms with Gasteiger partial charge in [0.25, 0.3) is 0 Å². The van der Waals surface area contributed by atoms with Crippen LogP contribution in [0.5, 0.6) is 0 Å². The van der Waals surface area contributed by atoms with Crippen molar-refractivity contribution in [1.29, 1.82) is 0 Å². The monoisotopic (exact) mass is 384 g/mol. The first-order valence-electron chi connectivity index (χ1n) is 8.63. The molecule has 0 saturated heterocycles. The number of carboxylic acids is 1. The van der Waals surface area contributed by atoms with Gasteiger partial charge in [0.15, 0.2) is 0 Å². The number of aryl methyl sites for hydroxylation is 1. The Kier molecular flexibility index (Phi) is 7.77. The average molecular weight is 384 g/mol. The highest BCUT2D eigenvalue weighted by molar-refractivity contribution is 7.89. The molecule has 0 fully saturated rings. The highest BCUT2D eigenvalue weighted by Gasteiger charge is 2.27. The highest BCUT2D eigenvalue weighted by Crippen LogP contribution is 2.17. The highest BCUT2D eigenvalue weighted by atomic mass is 32.2. The maximum atomic E-state index is 12.4. The predicted octanol–water partition coefficient (Wildman–Crippen LogP) is 1.88. The van der Waals surface area contributed by atoms with E-state index in [9.17, 15) is 18.0 Å². The number of hydrogen-bond donors (Lipinski definition) is 2. The molecule has 0 spiro atoms. The molecule has 0 aliphatic carbocycles. The third kappa shape index (κ3) is 5.81. The van der Waals surface area contributed by atoms with Gasteiger partial charge >= 0.3 is 5.97 Å². The Morgan fingerprint density at radius 3 is 2.12 bits per heavy atom. The molecule has 1 amide bonds. The lowest BCUT2D eigenvalue weighted by atomic mass is 9.94. The lowest BCUT2D eigenvalue weighted by Crippen LogP contribution is -2.38. The molecule has 0 aromatic heterocycles. The number of hydrogen-bond acceptors (Lipinski definition) is 4. The second-order valence-electron chi connectivity index (χ2n) is 6.70. The van der Waals surface area contributed by atoms with Crippen LogP contribution in [0.15, 0.2) is 29.2 Å². The van der Waals surface area contributed by atoms with E-state index < -0.39 is 21.4 Å². The summed E-state index contributed by atoms with van der Waals surface area (Å²) in [6, 6.07) is 6.50. The van der Waals surface area contributed by atoms with Crippen LogP contribution in [0.2, 0.25) is 0 Å². The quantitative estimate of drug-likeness (QED) is 0.641. The van der Waals surface area contributed by atoms with Crippen LogP contribution in [0.1, 0.15) is 39.7 Å². The lowest BCUT2D eigenvalue weighted by Gasteiger charge is -2.19. The molecule has 1 rings (SSSR count). The third-order valence-corrected chi connectivity index (χ3v) is 6.28. The maximum Gasteiger partial charge on any atom is 0.310 e. The van der Waals surface area contributed by atoms with Gasteiger partial charge in [-0.1, -0.05) is 26.0 Å². The minimum absolute atomic E-state index is 0.0578. The number of amides is 1. The first-order valence-corrected chi connectivity index (χ1v) is 10.1. The number of nitrogens with one attached hydrogen (secondary N) is 1. The van der Waals surface area contributed by atoms with Gasteiger partial charge < -0.3 is 10.4 Å². The molecule has 0 saturated carbocycles. The normalized spacial score (nSPS) is 12.2. The van der Waals surface area contributed by atoms with Gasteiger partial charge in [-0.05, 0) is 38.0 Å². The largest absolute Gasteiger partial charge is 0.481 e. The fraction of sp³-hybridized carbons (Fsp3) is 0.556. The summed E-state index contributed by atoms with van der Waals surface area (Å²) < 4.78 is 26.2. The number of carboxylic acid groups (broad SMARTS) is 1. The minimum atomic E-state index is -3.48. The predicted molar refractivity (Wildman–Crippen MR) is 99.3 cm³/mol. The third-order valence-electron chi connectivity index (χ3n) is 4.21. The van der Waals surface area contributed by atoms with Crippen molar-refractivity contribution in [1.82, 2.24) is 9.62 Å². The fourth-order valence-corrected chi connectivity index (χ4v) is 3.74. The molecule has 0 atom stereocenters. The van der Waals surface area contributed by atoms with Crippen molar-refractivity contribution >= 4 is 21.9 Å². The van der Waals surface area contributed by atoms with Gasteiger partial charge in [0.1, 0.15) is 0 Å². The van der Waals surface area contributed by atoms with E-state index in [0.29, 0.717) is 19.5 Å². The summed E-state index contributed by atoms with van der Waals surface area (Å²) >= 11 is 0. The Hall–Kier alpha value is -1.93.